The summed E-state index contributed by atoms with van der Waals surface area (Å²) < 4.78 is 0.819. The molecule has 1 aromatic heterocycles. The molecule has 0 aliphatic carbocycles. The fourth-order valence-electron chi connectivity index (χ4n) is 0.430. The van der Waals surface area contributed by atoms with Crippen LogP contribution in [0.15, 0.2) is 18.0 Å². The number of hydrogen-bond donors (Lipinski definition) is 0. The summed E-state index contributed by atoms with van der Waals surface area (Å²) >= 11 is 7.13. The molecule has 0 N–H and O–H groups in total. The largest absolute Gasteiger partial charge is 0.131 e. The van der Waals surface area contributed by atoms with Gasteiger partial charge in [0.05, 0.1) is 4.34 Å². The van der Waals surface area contributed by atoms with Crippen LogP contribution < -0.4 is 0 Å². The van der Waals surface area contributed by atoms with Gasteiger partial charge in [-0.1, -0.05) is 24.3 Å². The van der Waals surface area contributed by atoms with Crippen molar-refractivity contribution in [3.63, 3.8) is 0 Å². The highest BCUT2D eigenvalue weighted by atomic mass is 35.5. The van der Waals surface area contributed by atoms with Gasteiger partial charge in [0.25, 0.3) is 0 Å². The van der Waals surface area contributed by atoms with Gasteiger partial charge in [0.2, 0.25) is 0 Å². The molecule has 0 amide bonds. The molecule has 0 unspecified atom stereocenters. The standard InChI is InChI=1S/C6H5ClS/c1-2-5-3-6(7)8-4-5/h2-4H,1H2. The third-order valence-corrected chi connectivity index (χ3v) is 1.93. The minimum Gasteiger partial charge on any atom is -0.131 e. The minimum atomic E-state index is 0.819. The second-order valence-corrected chi connectivity index (χ2v) is 2.93. The first-order valence-corrected chi connectivity index (χ1v) is 3.45. The zero-order chi connectivity index (χ0) is 5.98. The Morgan fingerprint density at radius 3 is 2.75 bits per heavy atom. The van der Waals surface area contributed by atoms with E-state index in [2.05, 4.69) is 6.58 Å². The molecular formula is C6H5ClS. The average Bonchev–Trinajstić information content (AvgIpc) is 2.14. The molecule has 42 valence electrons. The molecule has 8 heavy (non-hydrogen) atoms. The van der Waals surface area contributed by atoms with Crippen LogP contribution in [-0.4, -0.2) is 0 Å². The molecule has 0 radical (unpaired) electrons. The fraction of sp³-hybridized carbons (Fsp3) is 0. The first-order valence-electron chi connectivity index (χ1n) is 2.19. The third-order valence-electron chi connectivity index (χ3n) is 0.823. The van der Waals surface area contributed by atoms with Gasteiger partial charge in [-0.2, -0.15) is 0 Å². The highest BCUT2D eigenvalue weighted by Crippen LogP contribution is 2.19. The summed E-state index contributed by atoms with van der Waals surface area (Å²) in [5, 5.41) is 1.97. The molecule has 0 saturated heterocycles. The second kappa shape index (κ2) is 2.33. The van der Waals surface area contributed by atoms with E-state index in [9.17, 15) is 0 Å². The topological polar surface area (TPSA) is 0 Å². The first kappa shape index (κ1) is 5.86. The summed E-state index contributed by atoms with van der Waals surface area (Å²) in [6, 6.07) is 1.89. The molecular weight excluding hydrogens is 140 g/mol. The van der Waals surface area contributed by atoms with Crippen LogP contribution in [0.3, 0.4) is 0 Å². The van der Waals surface area contributed by atoms with Crippen molar-refractivity contribution in [1.29, 1.82) is 0 Å². The van der Waals surface area contributed by atoms with Gasteiger partial charge in [0.1, 0.15) is 0 Å². The van der Waals surface area contributed by atoms with Gasteiger partial charge in [-0.15, -0.1) is 11.3 Å². The normalized spacial score (nSPS) is 9.12. The maximum absolute atomic E-state index is 5.61. The molecule has 1 rings (SSSR count). The maximum atomic E-state index is 5.61. The Morgan fingerprint density at radius 1 is 1.75 bits per heavy atom. The van der Waals surface area contributed by atoms with E-state index >= 15 is 0 Å². The molecule has 0 spiro atoms. The Hall–Kier alpha value is -0.270. The Kier molecular flexibility index (Phi) is 1.71. The summed E-state index contributed by atoms with van der Waals surface area (Å²) in [6.07, 6.45) is 1.78. The quantitative estimate of drug-likeness (QED) is 0.569. The number of thiophene rings is 1. The second-order valence-electron chi connectivity index (χ2n) is 1.39. The Balaban J connectivity index is 3.00. The zero-order valence-corrected chi connectivity index (χ0v) is 5.80. The van der Waals surface area contributed by atoms with Crippen LogP contribution in [0.1, 0.15) is 5.56 Å². The minimum absolute atomic E-state index is 0.819. The Morgan fingerprint density at radius 2 is 2.50 bits per heavy atom. The van der Waals surface area contributed by atoms with Crippen molar-refractivity contribution < 1.29 is 0 Å². The van der Waals surface area contributed by atoms with Gasteiger partial charge in [0, 0.05) is 0 Å². The van der Waals surface area contributed by atoms with Crippen LogP contribution in [0.5, 0.6) is 0 Å². The van der Waals surface area contributed by atoms with Crippen LogP contribution in [0, 0.1) is 0 Å². The van der Waals surface area contributed by atoms with Gasteiger partial charge in [0.15, 0.2) is 0 Å². The molecule has 0 atom stereocenters. The maximum Gasteiger partial charge on any atom is 0.0934 e. The predicted molar refractivity (Wildman–Crippen MR) is 39.4 cm³/mol. The van der Waals surface area contributed by atoms with E-state index < -0.39 is 0 Å². The van der Waals surface area contributed by atoms with Crippen LogP contribution in [0.2, 0.25) is 4.34 Å². The van der Waals surface area contributed by atoms with Crippen LogP contribution in [0.25, 0.3) is 6.08 Å². The molecule has 1 heterocycles. The fourth-order valence-corrected chi connectivity index (χ4v) is 1.31. The highest BCUT2D eigenvalue weighted by Gasteiger charge is 1.89. The lowest BCUT2D eigenvalue weighted by atomic mass is 10.3. The zero-order valence-electron chi connectivity index (χ0n) is 4.23. The monoisotopic (exact) mass is 144 g/mol. The van der Waals surface area contributed by atoms with Crippen LogP contribution >= 0.6 is 22.9 Å². The number of rotatable bonds is 1. The van der Waals surface area contributed by atoms with E-state index in [4.69, 9.17) is 11.6 Å². The molecule has 0 nitrogen and oxygen atoms in total. The molecule has 1 aromatic rings. The lowest BCUT2D eigenvalue weighted by Crippen LogP contribution is -1.51. The summed E-state index contributed by atoms with van der Waals surface area (Å²) in [4.78, 5) is 0. The van der Waals surface area contributed by atoms with Crippen molar-refractivity contribution in [3.8, 4) is 0 Å². The smallest absolute Gasteiger partial charge is 0.0934 e. The van der Waals surface area contributed by atoms with Crippen molar-refractivity contribution in [3.05, 3.63) is 27.9 Å². The van der Waals surface area contributed by atoms with Crippen LogP contribution in [-0.2, 0) is 0 Å². The molecule has 0 aliphatic rings. The molecule has 2 heteroatoms. The molecule has 0 aromatic carbocycles. The Labute approximate surface area is 57.4 Å². The van der Waals surface area contributed by atoms with Gasteiger partial charge < -0.3 is 0 Å². The molecule has 0 saturated carbocycles. The van der Waals surface area contributed by atoms with Crippen molar-refractivity contribution >= 4 is 29.0 Å². The van der Waals surface area contributed by atoms with Crippen molar-refractivity contribution in [1.82, 2.24) is 0 Å². The molecule has 0 fully saturated rings. The van der Waals surface area contributed by atoms with Crippen molar-refractivity contribution in [2.75, 3.05) is 0 Å². The van der Waals surface area contributed by atoms with E-state index in [1.807, 2.05) is 11.4 Å². The van der Waals surface area contributed by atoms with E-state index in [1.165, 1.54) is 11.3 Å². The van der Waals surface area contributed by atoms with Crippen molar-refractivity contribution in [2.45, 2.75) is 0 Å². The van der Waals surface area contributed by atoms with Crippen LogP contribution in [0.4, 0.5) is 0 Å². The summed E-state index contributed by atoms with van der Waals surface area (Å²) in [5.41, 5.74) is 1.10. The predicted octanol–water partition coefficient (Wildman–Crippen LogP) is 3.04. The third kappa shape index (κ3) is 1.11. The molecule has 0 aliphatic heterocycles. The van der Waals surface area contributed by atoms with Gasteiger partial charge >= 0.3 is 0 Å². The lowest BCUT2D eigenvalue weighted by Gasteiger charge is -1.72. The van der Waals surface area contributed by atoms with Gasteiger partial charge in [-0.05, 0) is 17.0 Å². The van der Waals surface area contributed by atoms with E-state index in [1.54, 1.807) is 6.08 Å². The van der Waals surface area contributed by atoms with E-state index in [0.717, 1.165) is 9.90 Å². The number of halogens is 1. The highest BCUT2D eigenvalue weighted by molar-refractivity contribution is 7.14. The average molecular weight is 145 g/mol. The SMILES string of the molecule is C=Cc1csc(Cl)c1. The molecule has 0 bridgehead atoms. The van der Waals surface area contributed by atoms with E-state index in [0.29, 0.717) is 0 Å². The summed E-state index contributed by atoms with van der Waals surface area (Å²) in [6.45, 7) is 3.59. The Bertz CT molecular complexity index is 190. The van der Waals surface area contributed by atoms with Gasteiger partial charge in [-0.3, -0.25) is 0 Å². The van der Waals surface area contributed by atoms with Crippen molar-refractivity contribution in [2.24, 2.45) is 0 Å². The summed E-state index contributed by atoms with van der Waals surface area (Å²) in [7, 11) is 0. The number of hydrogen-bond acceptors (Lipinski definition) is 1. The van der Waals surface area contributed by atoms with Gasteiger partial charge in [-0.25, -0.2) is 0 Å². The first-order chi connectivity index (χ1) is 3.83. The summed E-state index contributed by atoms with van der Waals surface area (Å²) in [5.74, 6) is 0. The lowest BCUT2D eigenvalue weighted by molar-refractivity contribution is 1.90. The van der Waals surface area contributed by atoms with E-state index in [-0.39, 0.29) is 0 Å².